The van der Waals surface area contributed by atoms with Crippen LogP contribution >= 0.6 is 23.6 Å². The van der Waals surface area contributed by atoms with Crippen LogP contribution in [0.5, 0.6) is 0 Å². The van der Waals surface area contributed by atoms with E-state index in [4.69, 9.17) is 12.2 Å². The first kappa shape index (κ1) is 20.3. The van der Waals surface area contributed by atoms with Crippen molar-refractivity contribution in [3.63, 3.8) is 0 Å². The molecule has 3 rings (SSSR count). The highest BCUT2D eigenvalue weighted by Gasteiger charge is 2.24. The molecule has 0 bridgehead atoms. The molecular formula is C21H30N4S2. The number of rotatable bonds is 6. The zero-order valence-electron chi connectivity index (χ0n) is 16.4. The van der Waals surface area contributed by atoms with Gasteiger partial charge in [0.1, 0.15) is 0 Å². The molecule has 2 aromatic rings. The van der Waals surface area contributed by atoms with Crippen LogP contribution in [0.2, 0.25) is 0 Å². The molecule has 1 unspecified atom stereocenters. The third-order valence-corrected chi connectivity index (χ3v) is 6.36. The largest absolute Gasteiger partial charge is 0.360 e. The fourth-order valence-corrected chi connectivity index (χ4v) is 4.40. The first-order valence-electron chi connectivity index (χ1n) is 9.63. The van der Waals surface area contributed by atoms with Crippen molar-refractivity contribution in [2.45, 2.75) is 25.8 Å². The molecule has 0 spiro atoms. The van der Waals surface area contributed by atoms with Crippen LogP contribution in [-0.2, 0) is 0 Å². The topological polar surface area (TPSA) is 30.5 Å². The second kappa shape index (κ2) is 9.64. The summed E-state index contributed by atoms with van der Waals surface area (Å²) < 4.78 is 0. The van der Waals surface area contributed by atoms with Gasteiger partial charge in [-0.2, -0.15) is 0 Å². The Hall–Kier alpha value is -1.47. The molecule has 1 aliphatic rings. The van der Waals surface area contributed by atoms with Crippen LogP contribution in [0.4, 0.5) is 5.69 Å². The molecule has 1 saturated heterocycles. The third-order valence-electron chi connectivity index (χ3n) is 5.14. The van der Waals surface area contributed by atoms with Gasteiger partial charge >= 0.3 is 0 Å². The van der Waals surface area contributed by atoms with E-state index in [-0.39, 0.29) is 0 Å². The summed E-state index contributed by atoms with van der Waals surface area (Å²) in [7, 11) is 2.19. The smallest absolute Gasteiger partial charge is 0.170 e. The SMILES string of the molecule is CC(C)c1ccc(NC(=S)NCC(c2cccs2)N2CCN(C)CC2)cc1. The first-order chi connectivity index (χ1) is 13.0. The van der Waals surface area contributed by atoms with Crippen LogP contribution in [-0.4, -0.2) is 54.7 Å². The van der Waals surface area contributed by atoms with Gasteiger partial charge in [-0.25, -0.2) is 0 Å². The van der Waals surface area contributed by atoms with Gasteiger partial charge in [-0.15, -0.1) is 11.3 Å². The number of hydrogen-bond acceptors (Lipinski definition) is 4. The Morgan fingerprint density at radius 3 is 2.41 bits per heavy atom. The quantitative estimate of drug-likeness (QED) is 0.709. The van der Waals surface area contributed by atoms with Gasteiger partial charge in [-0.3, -0.25) is 4.90 Å². The molecule has 0 radical (unpaired) electrons. The minimum Gasteiger partial charge on any atom is -0.360 e. The highest BCUT2D eigenvalue weighted by atomic mass is 32.1. The number of hydrogen-bond donors (Lipinski definition) is 2. The van der Waals surface area contributed by atoms with Gasteiger partial charge < -0.3 is 15.5 Å². The van der Waals surface area contributed by atoms with Gasteiger partial charge in [-0.1, -0.05) is 32.0 Å². The summed E-state index contributed by atoms with van der Waals surface area (Å²) >= 11 is 7.37. The van der Waals surface area contributed by atoms with Crippen LogP contribution in [0.15, 0.2) is 41.8 Å². The lowest BCUT2D eigenvalue weighted by Crippen LogP contribution is -2.48. The average Bonchev–Trinajstić information content (AvgIpc) is 3.18. The minimum absolute atomic E-state index is 0.363. The summed E-state index contributed by atoms with van der Waals surface area (Å²) in [4.78, 5) is 6.36. The second-order valence-electron chi connectivity index (χ2n) is 7.48. The number of nitrogens with zero attached hydrogens (tertiary/aromatic N) is 2. The van der Waals surface area contributed by atoms with Gasteiger partial charge in [0, 0.05) is 43.3 Å². The fraction of sp³-hybridized carbons (Fsp3) is 0.476. The van der Waals surface area contributed by atoms with Gasteiger partial charge in [0.15, 0.2) is 5.11 Å². The lowest BCUT2D eigenvalue weighted by molar-refractivity contribution is 0.114. The zero-order valence-corrected chi connectivity index (χ0v) is 18.1. The van der Waals surface area contributed by atoms with Crippen LogP contribution in [0, 0.1) is 0 Å². The van der Waals surface area contributed by atoms with Crippen LogP contribution in [0.3, 0.4) is 0 Å². The molecule has 1 aliphatic heterocycles. The van der Waals surface area contributed by atoms with Crippen LogP contribution < -0.4 is 10.6 Å². The monoisotopic (exact) mass is 402 g/mol. The van der Waals surface area contributed by atoms with Gasteiger partial charge in [0.2, 0.25) is 0 Å². The van der Waals surface area contributed by atoms with E-state index in [0.29, 0.717) is 17.1 Å². The summed E-state index contributed by atoms with van der Waals surface area (Å²) in [6.45, 7) is 9.66. The summed E-state index contributed by atoms with van der Waals surface area (Å²) in [6.07, 6.45) is 0. The zero-order chi connectivity index (χ0) is 19.2. The predicted octanol–water partition coefficient (Wildman–Crippen LogP) is 4.15. The van der Waals surface area contributed by atoms with Crippen molar-refractivity contribution in [1.82, 2.24) is 15.1 Å². The Morgan fingerprint density at radius 1 is 1.11 bits per heavy atom. The molecule has 4 nitrogen and oxygen atoms in total. The maximum Gasteiger partial charge on any atom is 0.170 e. The molecule has 1 aromatic carbocycles. The van der Waals surface area contributed by atoms with E-state index in [9.17, 15) is 0 Å². The summed E-state index contributed by atoms with van der Waals surface area (Å²) in [6, 6.07) is 13.2. The Kier molecular flexibility index (Phi) is 7.24. The summed E-state index contributed by atoms with van der Waals surface area (Å²) in [5.74, 6) is 0.541. The lowest BCUT2D eigenvalue weighted by atomic mass is 10.0. The number of benzene rings is 1. The molecule has 0 amide bonds. The van der Waals surface area contributed by atoms with E-state index in [2.05, 4.69) is 83.1 Å². The molecule has 6 heteroatoms. The number of thiocarbonyl (C=S) groups is 1. The highest BCUT2D eigenvalue weighted by molar-refractivity contribution is 7.80. The Bertz CT molecular complexity index is 704. The van der Waals surface area contributed by atoms with Crippen molar-refractivity contribution in [2.24, 2.45) is 0 Å². The molecule has 1 aromatic heterocycles. The van der Waals surface area contributed by atoms with E-state index in [1.807, 2.05) is 11.3 Å². The molecule has 2 heterocycles. The Morgan fingerprint density at radius 2 is 1.81 bits per heavy atom. The van der Waals surface area contributed by atoms with E-state index >= 15 is 0 Å². The molecule has 1 fully saturated rings. The number of likely N-dealkylation sites (N-methyl/N-ethyl adjacent to an activating group) is 1. The van der Waals surface area contributed by atoms with Gasteiger partial charge in [-0.05, 0) is 54.3 Å². The van der Waals surface area contributed by atoms with Crippen molar-refractivity contribution < 1.29 is 0 Å². The number of anilines is 1. The lowest BCUT2D eigenvalue weighted by Gasteiger charge is -2.37. The van der Waals surface area contributed by atoms with E-state index in [1.165, 1.54) is 10.4 Å². The van der Waals surface area contributed by atoms with Crippen molar-refractivity contribution in [1.29, 1.82) is 0 Å². The van der Waals surface area contributed by atoms with Gasteiger partial charge in [0.05, 0.1) is 6.04 Å². The Labute approximate surface area is 172 Å². The number of nitrogens with one attached hydrogen (secondary N) is 2. The van der Waals surface area contributed by atoms with Crippen LogP contribution in [0.25, 0.3) is 0 Å². The summed E-state index contributed by atoms with van der Waals surface area (Å²) in [5, 5.41) is 9.59. The minimum atomic E-state index is 0.363. The van der Waals surface area contributed by atoms with E-state index < -0.39 is 0 Å². The highest BCUT2D eigenvalue weighted by Crippen LogP contribution is 2.25. The van der Waals surface area contributed by atoms with E-state index in [0.717, 1.165) is 38.4 Å². The molecule has 2 N–H and O–H groups in total. The Balaban J connectivity index is 1.57. The summed E-state index contributed by atoms with van der Waals surface area (Å²) in [5.41, 5.74) is 2.37. The molecular weight excluding hydrogens is 372 g/mol. The third kappa shape index (κ3) is 5.75. The average molecular weight is 403 g/mol. The molecule has 0 saturated carbocycles. The normalized spacial score (nSPS) is 17.0. The molecule has 0 aliphatic carbocycles. The number of thiophene rings is 1. The van der Waals surface area contributed by atoms with Crippen molar-refractivity contribution in [3.05, 3.63) is 52.2 Å². The van der Waals surface area contributed by atoms with Gasteiger partial charge in [0.25, 0.3) is 0 Å². The maximum atomic E-state index is 5.54. The van der Waals surface area contributed by atoms with E-state index in [1.54, 1.807) is 0 Å². The van der Waals surface area contributed by atoms with Crippen molar-refractivity contribution >= 4 is 34.4 Å². The molecule has 146 valence electrons. The predicted molar refractivity (Wildman–Crippen MR) is 121 cm³/mol. The molecule has 1 atom stereocenters. The van der Waals surface area contributed by atoms with Crippen LogP contribution in [0.1, 0.15) is 36.2 Å². The van der Waals surface area contributed by atoms with Crippen molar-refractivity contribution in [3.8, 4) is 0 Å². The standard InChI is InChI=1S/C21H30N4S2/c1-16(2)17-6-8-18(9-7-17)23-21(26)22-15-19(20-5-4-14-27-20)25-12-10-24(3)11-13-25/h4-9,14,16,19H,10-13,15H2,1-3H3,(H2,22,23,26). The fourth-order valence-electron chi connectivity index (χ4n) is 3.34. The maximum absolute atomic E-state index is 5.54. The first-order valence-corrected chi connectivity index (χ1v) is 10.9. The van der Waals surface area contributed by atoms with Crippen molar-refractivity contribution in [2.75, 3.05) is 45.1 Å². The number of piperazine rings is 1. The molecule has 27 heavy (non-hydrogen) atoms. The second-order valence-corrected chi connectivity index (χ2v) is 8.87.